The van der Waals surface area contributed by atoms with Crippen LogP contribution in [-0.2, 0) is 0 Å². The third-order valence-corrected chi connectivity index (χ3v) is 5.42. The van der Waals surface area contributed by atoms with Gasteiger partial charge in [-0.15, -0.1) is 0 Å². The van der Waals surface area contributed by atoms with Crippen LogP contribution in [0.2, 0.25) is 0 Å². The Morgan fingerprint density at radius 2 is 1.93 bits per heavy atom. The van der Waals surface area contributed by atoms with Crippen LogP contribution in [0.15, 0.2) is 51.7 Å². The van der Waals surface area contributed by atoms with Crippen LogP contribution in [0.5, 0.6) is 0 Å². The summed E-state index contributed by atoms with van der Waals surface area (Å²) in [5.41, 5.74) is 3.39. The van der Waals surface area contributed by atoms with Crippen molar-refractivity contribution in [2.24, 2.45) is 4.99 Å². The molecule has 0 aliphatic carbocycles. The number of nitrogens with zero attached hydrogens (tertiary/aromatic N) is 5. The van der Waals surface area contributed by atoms with E-state index in [2.05, 4.69) is 39.0 Å². The molecule has 4 heterocycles. The van der Waals surface area contributed by atoms with Gasteiger partial charge in [0.25, 0.3) is 0 Å². The summed E-state index contributed by atoms with van der Waals surface area (Å²) in [4.78, 5) is 15.7. The molecule has 0 saturated carbocycles. The van der Waals surface area contributed by atoms with Crippen molar-refractivity contribution in [1.82, 2.24) is 19.7 Å². The number of aromatic nitrogens is 1. The summed E-state index contributed by atoms with van der Waals surface area (Å²) < 4.78 is 19.9. The highest BCUT2D eigenvalue weighted by Crippen LogP contribution is 2.28. The molecule has 5 rings (SSSR count). The number of halogens is 1. The maximum atomic E-state index is 14.4. The minimum Gasteiger partial charge on any atom is -0.441 e. The summed E-state index contributed by atoms with van der Waals surface area (Å²) in [7, 11) is 2.16. The lowest BCUT2D eigenvalue weighted by Gasteiger charge is -2.37. The van der Waals surface area contributed by atoms with E-state index in [1.807, 2.05) is 18.2 Å². The quantitative estimate of drug-likeness (QED) is 0.803. The van der Waals surface area contributed by atoms with E-state index in [0.29, 0.717) is 23.6 Å². The number of piperazine rings is 1. The first kappa shape index (κ1) is 17.2. The molecule has 3 aliphatic rings. The first-order valence-electron chi connectivity index (χ1n) is 9.53. The molecule has 7 heteroatoms. The van der Waals surface area contributed by atoms with Crippen molar-refractivity contribution < 1.29 is 8.81 Å². The Labute approximate surface area is 162 Å². The van der Waals surface area contributed by atoms with Crippen LogP contribution in [-0.4, -0.2) is 65.3 Å². The lowest BCUT2D eigenvalue weighted by Crippen LogP contribution is -2.44. The van der Waals surface area contributed by atoms with Crippen LogP contribution in [0, 0.1) is 12.7 Å². The Morgan fingerprint density at radius 1 is 1.11 bits per heavy atom. The van der Waals surface area contributed by atoms with E-state index in [9.17, 15) is 4.39 Å². The van der Waals surface area contributed by atoms with Gasteiger partial charge in [0.15, 0.2) is 17.3 Å². The number of aryl methyl sites for hydroxylation is 1. The second kappa shape index (κ2) is 6.60. The summed E-state index contributed by atoms with van der Waals surface area (Å²) >= 11 is 0. The van der Waals surface area contributed by atoms with Crippen molar-refractivity contribution >= 4 is 22.6 Å². The molecule has 0 radical (unpaired) electrons. The highest BCUT2D eigenvalue weighted by atomic mass is 19.1. The molecule has 6 nitrogen and oxygen atoms in total. The number of likely N-dealkylation sites (N-methyl/N-ethyl adjacent to an activating group) is 1. The van der Waals surface area contributed by atoms with Crippen molar-refractivity contribution in [3.63, 3.8) is 0 Å². The second-order valence-electron chi connectivity index (χ2n) is 7.43. The van der Waals surface area contributed by atoms with Gasteiger partial charge in [-0.25, -0.2) is 14.4 Å². The standard InChI is InChI=1S/C21H22FN5O/c1-14-23-21-17(22)11-15(12-19(21)28-14)18-5-6-27-13-16(3-4-20(27)24-18)26-9-7-25(2)8-10-26/h3-5,11-13H,6-10H2,1-2H3. The Hall–Kier alpha value is -2.93. The molecule has 0 atom stereocenters. The van der Waals surface area contributed by atoms with Crippen molar-refractivity contribution in [1.29, 1.82) is 0 Å². The van der Waals surface area contributed by atoms with Crippen molar-refractivity contribution in [2.75, 3.05) is 39.8 Å². The van der Waals surface area contributed by atoms with Crippen LogP contribution < -0.4 is 0 Å². The molecule has 1 fully saturated rings. The molecule has 1 aromatic heterocycles. The van der Waals surface area contributed by atoms with Crippen molar-refractivity contribution in [3.8, 4) is 0 Å². The predicted octanol–water partition coefficient (Wildman–Crippen LogP) is 2.99. The topological polar surface area (TPSA) is 48.1 Å². The molecule has 1 saturated heterocycles. The number of hydrogen-bond donors (Lipinski definition) is 0. The second-order valence-corrected chi connectivity index (χ2v) is 7.43. The minimum atomic E-state index is -0.385. The predicted molar refractivity (Wildman–Crippen MR) is 107 cm³/mol. The lowest BCUT2D eigenvalue weighted by atomic mass is 10.1. The van der Waals surface area contributed by atoms with E-state index in [0.717, 1.165) is 37.7 Å². The molecule has 0 spiro atoms. The van der Waals surface area contributed by atoms with Crippen molar-refractivity contribution in [3.05, 3.63) is 59.5 Å². The molecular formula is C21H22FN5O. The Balaban J connectivity index is 1.39. The smallest absolute Gasteiger partial charge is 0.192 e. The van der Waals surface area contributed by atoms with Gasteiger partial charge in [-0.05, 0) is 37.4 Å². The third kappa shape index (κ3) is 3.01. The number of aliphatic imine (C=N–C) groups is 1. The van der Waals surface area contributed by atoms with Gasteiger partial charge in [0.05, 0.1) is 11.4 Å². The molecule has 3 aliphatic heterocycles. The monoisotopic (exact) mass is 379 g/mol. The van der Waals surface area contributed by atoms with Gasteiger partial charge in [-0.1, -0.05) is 0 Å². The summed E-state index contributed by atoms with van der Waals surface area (Å²) in [6.45, 7) is 6.63. The Kier molecular flexibility index (Phi) is 4.05. The molecule has 0 N–H and O–H groups in total. The molecule has 144 valence electrons. The van der Waals surface area contributed by atoms with Gasteiger partial charge in [-0.3, -0.25) is 0 Å². The summed E-state index contributed by atoms with van der Waals surface area (Å²) in [6, 6.07) is 3.29. The molecule has 1 aromatic carbocycles. The zero-order chi connectivity index (χ0) is 19.3. The fourth-order valence-corrected chi connectivity index (χ4v) is 3.81. The van der Waals surface area contributed by atoms with E-state index in [1.54, 1.807) is 6.92 Å². The SMILES string of the molecule is Cc1nc2c(F)cc(C3=CCN4C=C(N5CCN(C)CC5)C=CC4=N3)cc2o1. The van der Waals surface area contributed by atoms with E-state index < -0.39 is 0 Å². The van der Waals surface area contributed by atoms with E-state index in [-0.39, 0.29) is 11.3 Å². The van der Waals surface area contributed by atoms with E-state index >= 15 is 0 Å². The number of hydrogen-bond acceptors (Lipinski definition) is 6. The van der Waals surface area contributed by atoms with Crippen LogP contribution in [0.4, 0.5) is 4.39 Å². The molecule has 0 bridgehead atoms. The first-order chi connectivity index (χ1) is 13.6. The largest absolute Gasteiger partial charge is 0.441 e. The van der Waals surface area contributed by atoms with Gasteiger partial charge in [-0.2, -0.15) is 0 Å². The third-order valence-electron chi connectivity index (χ3n) is 5.42. The number of oxazole rings is 1. The van der Waals surface area contributed by atoms with Crippen LogP contribution >= 0.6 is 0 Å². The lowest BCUT2D eigenvalue weighted by molar-refractivity contribution is 0.188. The fourth-order valence-electron chi connectivity index (χ4n) is 3.81. The van der Waals surface area contributed by atoms with Gasteiger partial charge in [0.1, 0.15) is 11.4 Å². The van der Waals surface area contributed by atoms with Gasteiger partial charge in [0, 0.05) is 51.4 Å². The van der Waals surface area contributed by atoms with E-state index in [1.165, 1.54) is 11.8 Å². The molecule has 2 aromatic rings. The highest BCUT2D eigenvalue weighted by Gasteiger charge is 2.22. The minimum absolute atomic E-state index is 0.268. The molecule has 0 unspecified atom stereocenters. The van der Waals surface area contributed by atoms with Gasteiger partial charge < -0.3 is 19.1 Å². The zero-order valence-corrected chi connectivity index (χ0v) is 16.0. The number of rotatable bonds is 2. The molecule has 0 amide bonds. The summed E-state index contributed by atoms with van der Waals surface area (Å²) in [6.07, 6.45) is 8.33. The van der Waals surface area contributed by atoms with Crippen LogP contribution in [0.1, 0.15) is 11.5 Å². The number of amidine groups is 1. The maximum absolute atomic E-state index is 14.4. The summed E-state index contributed by atoms with van der Waals surface area (Å²) in [5.74, 6) is 0.937. The van der Waals surface area contributed by atoms with Crippen LogP contribution in [0.25, 0.3) is 16.8 Å². The molecule has 28 heavy (non-hydrogen) atoms. The Bertz CT molecular complexity index is 1060. The molecular weight excluding hydrogens is 357 g/mol. The highest BCUT2D eigenvalue weighted by molar-refractivity contribution is 6.00. The Morgan fingerprint density at radius 3 is 2.75 bits per heavy atom. The van der Waals surface area contributed by atoms with Gasteiger partial charge >= 0.3 is 0 Å². The summed E-state index contributed by atoms with van der Waals surface area (Å²) in [5, 5.41) is 0. The number of allylic oxidation sites excluding steroid dienone is 1. The zero-order valence-electron chi connectivity index (χ0n) is 16.0. The normalized spacial score (nSPS) is 20.2. The average Bonchev–Trinajstić information content (AvgIpc) is 3.08. The van der Waals surface area contributed by atoms with Gasteiger partial charge in [0.2, 0.25) is 0 Å². The van der Waals surface area contributed by atoms with E-state index in [4.69, 9.17) is 9.41 Å². The number of fused-ring (bicyclic) bond motifs is 2. The maximum Gasteiger partial charge on any atom is 0.192 e. The van der Waals surface area contributed by atoms with Crippen molar-refractivity contribution in [2.45, 2.75) is 6.92 Å². The van der Waals surface area contributed by atoms with Crippen LogP contribution in [0.3, 0.4) is 0 Å². The fraction of sp³-hybridized carbons (Fsp3) is 0.333. The number of benzene rings is 1. The first-order valence-corrected chi connectivity index (χ1v) is 9.53. The average molecular weight is 379 g/mol.